The summed E-state index contributed by atoms with van der Waals surface area (Å²) in [4.78, 5) is 4.85. The molecule has 0 N–H and O–H groups in total. The molecule has 5 aromatic rings. The summed E-state index contributed by atoms with van der Waals surface area (Å²) in [5.41, 5.74) is 7.12. The van der Waals surface area contributed by atoms with Gasteiger partial charge in [0.05, 0.1) is 0 Å². The molecule has 0 amide bonds. The van der Waals surface area contributed by atoms with Crippen molar-refractivity contribution in [3.05, 3.63) is 144 Å². The van der Waals surface area contributed by atoms with Gasteiger partial charge in [0.1, 0.15) is 0 Å². The van der Waals surface area contributed by atoms with Crippen LogP contribution in [0.15, 0.2) is 115 Å². The molecule has 7 rings (SSSR count). The summed E-state index contributed by atoms with van der Waals surface area (Å²) < 4.78 is 0. The molecule has 2 aliphatic rings. The molecule has 0 fully saturated rings. The summed E-state index contributed by atoms with van der Waals surface area (Å²) in [7, 11) is -0.650. The maximum Gasteiger partial charge on any atom is 0.0314 e. The van der Waals surface area contributed by atoms with Gasteiger partial charge >= 0.3 is 0 Å². The summed E-state index contributed by atoms with van der Waals surface area (Å²) in [6.07, 6.45) is 1.90. The molecule has 33 heavy (non-hydrogen) atoms. The molecule has 3 heteroatoms. The van der Waals surface area contributed by atoms with Crippen molar-refractivity contribution >= 4 is 23.8 Å². The van der Waals surface area contributed by atoms with Gasteiger partial charge in [0, 0.05) is 31.7 Å². The number of hydrogen-bond donors (Lipinski definition) is 0. The molecule has 0 saturated heterocycles. The maximum atomic E-state index is 4.85. The van der Waals surface area contributed by atoms with Crippen LogP contribution in [0.5, 0.6) is 0 Å². The van der Waals surface area contributed by atoms with Crippen LogP contribution < -0.4 is 15.9 Å². The first-order chi connectivity index (χ1) is 15.9. The van der Waals surface area contributed by atoms with Crippen molar-refractivity contribution in [2.75, 3.05) is 0 Å². The Hall–Kier alpha value is -2.89. The third-order valence-electron chi connectivity index (χ3n) is 6.82. The first-order valence-corrected chi connectivity index (χ1v) is 12.3. The van der Waals surface area contributed by atoms with E-state index in [4.69, 9.17) is 4.98 Å². The Morgan fingerprint density at radius 2 is 1.21 bits per heavy atom. The fourth-order valence-corrected chi connectivity index (χ4v) is 8.40. The van der Waals surface area contributed by atoms with E-state index in [1.165, 1.54) is 38.2 Å². The summed E-state index contributed by atoms with van der Waals surface area (Å²) in [5, 5.41) is 4.25. The molecule has 0 bridgehead atoms. The number of fused-ring (bicyclic) bond motifs is 9. The third-order valence-corrected chi connectivity index (χ3v) is 9.38. The first kappa shape index (κ1) is 20.7. The normalized spacial score (nSPS) is 19.1. The molecule has 0 saturated carbocycles. The largest absolute Gasteiger partial charge is 0.304 e. The fraction of sp³-hybridized carbons (Fsp3) is 0.0333. The van der Waals surface area contributed by atoms with Crippen molar-refractivity contribution in [1.29, 1.82) is 0 Å². The van der Waals surface area contributed by atoms with Crippen LogP contribution in [0, 0.1) is 6.07 Å². The van der Waals surface area contributed by atoms with E-state index in [-0.39, 0.29) is 25.5 Å². The molecule has 4 aromatic carbocycles. The van der Waals surface area contributed by atoms with E-state index < -0.39 is 7.92 Å². The van der Waals surface area contributed by atoms with Crippen molar-refractivity contribution in [3.8, 4) is 11.3 Å². The molecule has 2 heterocycles. The van der Waals surface area contributed by atoms with Gasteiger partial charge in [0.2, 0.25) is 0 Å². The van der Waals surface area contributed by atoms with Crippen molar-refractivity contribution in [1.82, 2.24) is 4.98 Å². The number of aromatic nitrogens is 1. The quantitative estimate of drug-likeness (QED) is 0.180. The molecule has 1 spiro atoms. The molecule has 159 valence electrons. The maximum absolute atomic E-state index is 4.85. The zero-order valence-electron chi connectivity index (χ0n) is 17.7. The van der Waals surface area contributed by atoms with Gasteiger partial charge < -0.3 is 4.98 Å². The van der Waals surface area contributed by atoms with E-state index in [2.05, 4.69) is 109 Å². The van der Waals surface area contributed by atoms with E-state index in [0.717, 1.165) is 11.3 Å². The minimum atomic E-state index is -0.650. The summed E-state index contributed by atoms with van der Waals surface area (Å²) in [5.74, 6) is 0. The minimum absolute atomic E-state index is 0. The second kappa shape index (κ2) is 7.86. The summed E-state index contributed by atoms with van der Waals surface area (Å²) in [6, 6.07) is 43.4. The molecule has 1 radical (unpaired) electrons. The van der Waals surface area contributed by atoms with Gasteiger partial charge in [-0.25, -0.2) is 0 Å². The van der Waals surface area contributed by atoms with Crippen LogP contribution in [-0.4, -0.2) is 4.98 Å². The predicted octanol–water partition coefficient (Wildman–Crippen LogP) is 5.31. The van der Waals surface area contributed by atoms with Crippen LogP contribution in [0.4, 0.5) is 0 Å². The second-order valence-corrected chi connectivity index (χ2v) is 10.5. The average Bonchev–Trinajstić information content (AvgIpc) is 3.16. The van der Waals surface area contributed by atoms with Crippen LogP contribution in [0.2, 0.25) is 0 Å². The molecule has 1 aliphatic heterocycles. The van der Waals surface area contributed by atoms with Crippen LogP contribution in [0.1, 0.15) is 22.3 Å². The van der Waals surface area contributed by atoms with Gasteiger partial charge in [0.25, 0.3) is 0 Å². The molecule has 1 nitrogen and oxygen atoms in total. The molecule has 0 atom stereocenters. The zero-order valence-corrected chi connectivity index (χ0v) is 21.0. The SMILES string of the molecule is [Ir].[c-]1cccc2c1-c1ncccc1C21c2ccccc2P(c2ccccc2)c2ccccc21. The van der Waals surface area contributed by atoms with Gasteiger partial charge in [-0.3, -0.25) is 0 Å². The van der Waals surface area contributed by atoms with Crippen LogP contribution in [0.25, 0.3) is 11.3 Å². The summed E-state index contributed by atoms with van der Waals surface area (Å²) >= 11 is 0. The summed E-state index contributed by atoms with van der Waals surface area (Å²) in [6.45, 7) is 0. The molecule has 1 aromatic heterocycles. The van der Waals surface area contributed by atoms with E-state index in [9.17, 15) is 0 Å². The Kier molecular flexibility index (Phi) is 4.93. The van der Waals surface area contributed by atoms with Crippen molar-refractivity contribution in [3.63, 3.8) is 0 Å². The Balaban J connectivity index is 0.00000206. The number of pyridine rings is 1. The van der Waals surface area contributed by atoms with E-state index in [1.54, 1.807) is 0 Å². The third kappa shape index (κ3) is 2.69. The van der Waals surface area contributed by atoms with E-state index >= 15 is 0 Å². The van der Waals surface area contributed by atoms with E-state index in [1.807, 2.05) is 12.3 Å². The van der Waals surface area contributed by atoms with Crippen LogP contribution in [-0.2, 0) is 25.5 Å². The van der Waals surface area contributed by atoms with Gasteiger partial charge in [-0.2, -0.15) is 0 Å². The van der Waals surface area contributed by atoms with Crippen molar-refractivity contribution < 1.29 is 20.1 Å². The minimum Gasteiger partial charge on any atom is -0.304 e. The Morgan fingerprint density at radius 1 is 0.606 bits per heavy atom. The fourth-order valence-electron chi connectivity index (χ4n) is 5.68. The predicted molar refractivity (Wildman–Crippen MR) is 133 cm³/mol. The topological polar surface area (TPSA) is 12.9 Å². The standard InChI is InChI=1S/C30H19NP.Ir/c1-2-11-21(12-3-1)32-27-18-8-6-15-24(27)30(25-16-7-9-19-28(25)32)23-14-5-4-13-22(23)29-26(30)17-10-20-31-29;/h1-12,14-20H;/q-1;. The van der Waals surface area contributed by atoms with Crippen molar-refractivity contribution in [2.45, 2.75) is 5.41 Å². The zero-order chi connectivity index (χ0) is 21.1. The molecule has 1 aliphatic carbocycles. The monoisotopic (exact) mass is 617 g/mol. The Morgan fingerprint density at radius 3 is 1.94 bits per heavy atom. The number of rotatable bonds is 1. The van der Waals surface area contributed by atoms with Gasteiger partial charge in [-0.05, 0) is 46.7 Å². The van der Waals surface area contributed by atoms with E-state index in [0.29, 0.717) is 0 Å². The van der Waals surface area contributed by atoms with Gasteiger partial charge in [-0.15, -0.1) is 35.4 Å². The smallest absolute Gasteiger partial charge is 0.0314 e. The van der Waals surface area contributed by atoms with Crippen LogP contribution in [0.3, 0.4) is 0 Å². The number of benzene rings is 4. The van der Waals surface area contributed by atoms with Gasteiger partial charge in [0.15, 0.2) is 0 Å². The molecule has 0 unspecified atom stereocenters. The van der Waals surface area contributed by atoms with Crippen molar-refractivity contribution in [2.24, 2.45) is 0 Å². The van der Waals surface area contributed by atoms with Gasteiger partial charge in [-0.1, -0.05) is 90.5 Å². The molecular weight excluding hydrogens is 598 g/mol. The average molecular weight is 617 g/mol. The number of hydrogen-bond acceptors (Lipinski definition) is 1. The second-order valence-electron chi connectivity index (χ2n) is 8.31. The van der Waals surface area contributed by atoms with Crippen LogP contribution >= 0.6 is 7.92 Å². The Labute approximate surface area is 208 Å². The Bertz CT molecular complexity index is 1400. The molecular formula is C30H19IrNP-. The first-order valence-electron chi connectivity index (χ1n) is 10.9. The number of nitrogens with zero attached hydrogens (tertiary/aromatic N) is 1.